The normalized spacial score (nSPS) is 9.60. The van der Waals surface area contributed by atoms with E-state index >= 15 is 0 Å². The fourth-order valence-electron chi connectivity index (χ4n) is 0.577. The molecule has 0 aliphatic rings. The van der Waals surface area contributed by atoms with Crippen molar-refractivity contribution in [1.29, 1.82) is 0 Å². The fourth-order valence-corrected chi connectivity index (χ4v) is 1.23. The van der Waals surface area contributed by atoms with Crippen LogP contribution in [0.2, 0.25) is 0 Å². The van der Waals surface area contributed by atoms with Gasteiger partial charge >= 0.3 is 0 Å². The van der Waals surface area contributed by atoms with Crippen LogP contribution in [0.5, 0.6) is 0 Å². The van der Waals surface area contributed by atoms with E-state index in [9.17, 15) is 0 Å². The third-order valence-corrected chi connectivity index (χ3v) is 2.40. The average molecular weight is 157 g/mol. The van der Waals surface area contributed by atoms with Gasteiger partial charge in [0, 0.05) is 0 Å². The van der Waals surface area contributed by atoms with E-state index in [1.807, 2.05) is 11.8 Å². The highest BCUT2D eigenvalue weighted by molar-refractivity contribution is 7.99. The lowest BCUT2D eigenvalue weighted by atomic mass is 10.1. The van der Waals surface area contributed by atoms with E-state index < -0.39 is 0 Å². The van der Waals surface area contributed by atoms with Crippen LogP contribution < -0.4 is 0 Å². The van der Waals surface area contributed by atoms with Crippen LogP contribution in [0.4, 0.5) is 0 Å². The van der Waals surface area contributed by atoms with Gasteiger partial charge in [-0.3, -0.25) is 0 Å². The number of allylic oxidation sites excluding steroid dienone is 2. The van der Waals surface area contributed by atoms with Crippen molar-refractivity contribution >= 4 is 11.8 Å². The molecule has 0 bridgehead atoms. The number of rotatable bonds is 4. The van der Waals surface area contributed by atoms with Crippen LogP contribution in [-0.4, -0.2) is 11.5 Å². The average Bonchev–Trinajstić information content (AvgIpc) is 1.88. The predicted octanol–water partition coefficient (Wildman–Crippen LogP) is 3.30. The molecule has 0 nitrogen and oxygen atoms in total. The minimum Gasteiger partial charge on any atom is -0.162 e. The SMILES string of the molecule is [CH2]CSCCC(C)=C(C)C. The van der Waals surface area contributed by atoms with Crippen molar-refractivity contribution in [3.8, 4) is 0 Å². The van der Waals surface area contributed by atoms with Crippen LogP contribution in [0, 0.1) is 6.92 Å². The molecule has 0 unspecified atom stereocenters. The van der Waals surface area contributed by atoms with Crippen molar-refractivity contribution in [2.24, 2.45) is 0 Å². The van der Waals surface area contributed by atoms with Gasteiger partial charge in [-0.05, 0) is 45.6 Å². The molecule has 0 amide bonds. The lowest BCUT2D eigenvalue weighted by molar-refractivity contribution is 1.06. The number of thioether (sulfide) groups is 1. The maximum absolute atomic E-state index is 3.77. The van der Waals surface area contributed by atoms with Gasteiger partial charge in [0.1, 0.15) is 0 Å². The van der Waals surface area contributed by atoms with E-state index in [1.165, 1.54) is 23.3 Å². The van der Waals surface area contributed by atoms with E-state index in [1.54, 1.807) is 0 Å². The fraction of sp³-hybridized carbons (Fsp3) is 0.667. The zero-order chi connectivity index (χ0) is 7.98. The van der Waals surface area contributed by atoms with Crippen LogP contribution in [0.3, 0.4) is 0 Å². The second-order valence-corrected chi connectivity index (χ2v) is 3.87. The van der Waals surface area contributed by atoms with Crippen LogP contribution in [0.1, 0.15) is 27.2 Å². The Morgan fingerprint density at radius 2 is 1.90 bits per heavy atom. The minimum atomic E-state index is 0.996. The van der Waals surface area contributed by atoms with Gasteiger partial charge in [-0.2, -0.15) is 11.8 Å². The summed E-state index contributed by atoms with van der Waals surface area (Å²) < 4.78 is 0. The van der Waals surface area contributed by atoms with Crippen LogP contribution in [0.15, 0.2) is 11.1 Å². The third-order valence-electron chi connectivity index (χ3n) is 1.62. The second kappa shape index (κ2) is 5.84. The van der Waals surface area contributed by atoms with Crippen LogP contribution in [-0.2, 0) is 0 Å². The summed E-state index contributed by atoms with van der Waals surface area (Å²) in [5, 5.41) is 0. The largest absolute Gasteiger partial charge is 0.162 e. The molecule has 0 aliphatic heterocycles. The minimum absolute atomic E-state index is 0.996. The summed E-state index contributed by atoms with van der Waals surface area (Å²) in [5.41, 5.74) is 2.99. The molecule has 0 rings (SSSR count). The molecule has 0 heterocycles. The van der Waals surface area contributed by atoms with Crippen molar-refractivity contribution < 1.29 is 0 Å². The monoisotopic (exact) mass is 157 g/mol. The third kappa shape index (κ3) is 4.92. The summed E-state index contributed by atoms with van der Waals surface area (Å²) in [5.74, 6) is 2.22. The Hall–Kier alpha value is 0.0900. The Bertz CT molecular complexity index is 110. The smallest absolute Gasteiger partial charge is 0.00302 e. The van der Waals surface area contributed by atoms with Crippen molar-refractivity contribution in [2.75, 3.05) is 11.5 Å². The molecule has 0 aromatic carbocycles. The highest BCUT2D eigenvalue weighted by Gasteiger charge is 1.91. The first-order valence-corrected chi connectivity index (χ1v) is 4.84. The quantitative estimate of drug-likeness (QED) is 0.445. The summed E-state index contributed by atoms with van der Waals surface area (Å²) >= 11 is 1.91. The number of hydrogen-bond acceptors (Lipinski definition) is 1. The molecule has 0 aliphatic carbocycles. The van der Waals surface area contributed by atoms with E-state index in [0.29, 0.717) is 0 Å². The van der Waals surface area contributed by atoms with Crippen molar-refractivity contribution in [3.63, 3.8) is 0 Å². The Kier molecular flexibility index (Phi) is 5.90. The molecule has 0 saturated carbocycles. The highest BCUT2D eigenvalue weighted by Crippen LogP contribution is 2.11. The molecule has 0 fully saturated rings. The standard InChI is InChI=1S/C9H17S/c1-5-10-7-6-9(4)8(2)3/h1,5-7H2,2-4H3. The van der Waals surface area contributed by atoms with E-state index in [0.717, 1.165) is 5.75 Å². The molecule has 59 valence electrons. The summed E-state index contributed by atoms with van der Waals surface area (Å²) in [6.45, 7) is 10.3. The molecular formula is C9H17S. The zero-order valence-electron chi connectivity index (χ0n) is 7.24. The van der Waals surface area contributed by atoms with Crippen molar-refractivity contribution in [3.05, 3.63) is 18.1 Å². The molecule has 1 heteroatoms. The molecule has 0 atom stereocenters. The Labute approximate surface area is 69.1 Å². The van der Waals surface area contributed by atoms with Gasteiger partial charge in [0.05, 0.1) is 0 Å². The zero-order valence-corrected chi connectivity index (χ0v) is 8.05. The van der Waals surface area contributed by atoms with Crippen LogP contribution in [0.25, 0.3) is 0 Å². The Morgan fingerprint density at radius 1 is 1.30 bits per heavy atom. The van der Waals surface area contributed by atoms with Crippen molar-refractivity contribution in [1.82, 2.24) is 0 Å². The summed E-state index contributed by atoms with van der Waals surface area (Å²) in [6.07, 6.45) is 1.22. The first-order chi connectivity index (χ1) is 4.68. The molecule has 0 spiro atoms. The molecule has 0 aromatic rings. The predicted molar refractivity (Wildman–Crippen MR) is 51.3 cm³/mol. The van der Waals surface area contributed by atoms with Gasteiger partial charge in [0.25, 0.3) is 0 Å². The van der Waals surface area contributed by atoms with Gasteiger partial charge in [-0.1, -0.05) is 11.1 Å². The Morgan fingerprint density at radius 3 is 2.30 bits per heavy atom. The molecular weight excluding hydrogens is 140 g/mol. The topological polar surface area (TPSA) is 0 Å². The van der Waals surface area contributed by atoms with E-state index in [-0.39, 0.29) is 0 Å². The molecule has 0 N–H and O–H groups in total. The van der Waals surface area contributed by atoms with E-state index in [4.69, 9.17) is 0 Å². The van der Waals surface area contributed by atoms with Gasteiger partial charge in [0.15, 0.2) is 0 Å². The Balaban J connectivity index is 3.40. The maximum Gasteiger partial charge on any atom is -0.00302 e. The maximum atomic E-state index is 3.77. The summed E-state index contributed by atoms with van der Waals surface area (Å²) in [4.78, 5) is 0. The summed E-state index contributed by atoms with van der Waals surface area (Å²) in [7, 11) is 0. The second-order valence-electron chi connectivity index (χ2n) is 2.64. The van der Waals surface area contributed by atoms with Crippen LogP contribution >= 0.6 is 11.8 Å². The van der Waals surface area contributed by atoms with Gasteiger partial charge in [-0.25, -0.2) is 0 Å². The molecule has 0 saturated heterocycles. The van der Waals surface area contributed by atoms with Gasteiger partial charge < -0.3 is 0 Å². The van der Waals surface area contributed by atoms with Gasteiger partial charge in [0.2, 0.25) is 0 Å². The lowest BCUT2D eigenvalue weighted by Gasteiger charge is -2.01. The lowest BCUT2D eigenvalue weighted by Crippen LogP contribution is -1.84. The first-order valence-electron chi connectivity index (χ1n) is 3.68. The molecule has 0 aromatic heterocycles. The molecule has 1 radical (unpaired) electrons. The summed E-state index contributed by atoms with van der Waals surface area (Å²) in [6, 6.07) is 0. The van der Waals surface area contributed by atoms with Crippen molar-refractivity contribution in [2.45, 2.75) is 27.2 Å². The molecule has 10 heavy (non-hydrogen) atoms. The van der Waals surface area contributed by atoms with E-state index in [2.05, 4.69) is 27.7 Å². The first kappa shape index (κ1) is 10.1. The number of hydrogen-bond donors (Lipinski definition) is 0. The van der Waals surface area contributed by atoms with Gasteiger partial charge in [-0.15, -0.1) is 0 Å². The highest BCUT2D eigenvalue weighted by atomic mass is 32.2.